The molecule has 2 aromatic rings. The van der Waals surface area contributed by atoms with Crippen LogP contribution in [0, 0.1) is 0 Å². The SMILES string of the molecule is COC(=O)c1ccc(/C=C/c2ccc3c(c2)C(=O)CC3(C)C)cc1. The van der Waals surface area contributed by atoms with E-state index < -0.39 is 0 Å². The predicted molar refractivity (Wildman–Crippen MR) is 95.1 cm³/mol. The maximum Gasteiger partial charge on any atom is 0.337 e. The molecule has 0 spiro atoms. The molecule has 122 valence electrons. The highest BCUT2D eigenvalue weighted by Gasteiger charge is 2.35. The molecule has 0 fully saturated rings. The first-order valence-electron chi connectivity index (χ1n) is 7.95. The van der Waals surface area contributed by atoms with Gasteiger partial charge in [0.05, 0.1) is 12.7 Å². The summed E-state index contributed by atoms with van der Waals surface area (Å²) >= 11 is 0. The van der Waals surface area contributed by atoms with E-state index in [1.165, 1.54) is 7.11 Å². The van der Waals surface area contributed by atoms with Gasteiger partial charge in [-0.1, -0.05) is 50.3 Å². The number of Topliss-reactive ketones (excluding diaryl/α,β-unsaturated/α-hetero) is 1. The van der Waals surface area contributed by atoms with Gasteiger partial charge in [-0.05, 0) is 40.3 Å². The minimum Gasteiger partial charge on any atom is -0.465 e. The number of carbonyl (C=O) groups is 2. The zero-order valence-corrected chi connectivity index (χ0v) is 14.1. The standard InChI is InChI=1S/C21H20O3/c1-21(2)13-19(22)17-12-15(8-11-18(17)21)5-4-14-6-9-16(10-7-14)20(23)24-3/h4-12H,13H2,1-3H3/b5-4+. The normalized spacial score (nSPS) is 15.5. The number of rotatable bonds is 3. The average molecular weight is 320 g/mol. The number of methoxy groups -OCH3 is 1. The molecule has 0 saturated heterocycles. The summed E-state index contributed by atoms with van der Waals surface area (Å²) in [4.78, 5) is 23.6. The fourth-order valence-electron chi connectivity index (χ4n) is 3.12. The van der Waals surface area contributed by atoms with Crippen LogP contribution in [0.25, 0.3) is 12.2 Å². The van der Waals surface area contributed by atoms with Crippen molar-refractivity contribution in [2.24, 2.45) is 0 Å². The maximum atomic E-state index is 12.2. The molecule has 2 aromatic carbocycles. The highest BCUT2D eigenvalue weighted by atomic mass is 16.5. The van der Waals surface area contributed by atoms with Gasteiger partial charge in [0, 0.05) is 12.0 Å². The van der Waals surface area contributed by atoms with Crippen molar-refractivity contribution < 1.29 is 14.3 Å². The fraction of sp³-hybridized carbons (Fsp3) is 0.238. The third kappa shape index (κ3) is 3.02. The number of carbonyl (C=O) groups excluding carboxylic acids is 2. The van der Waals surface area contributed by atoms with Crippen LogP contribution in [-0.2, 0) is 10.2 Å². The Hall–Kier alpha value is -2.68. The average Bonchev–Trinajstić information content (AvgIpc) is 2.81. The topological polar surface area (TPSA) is 43.4 Å². The van der Waals surface area contributed by atoms with E-state index in [9.17, 15) is 9.59 Å². The summed E-state index contributed by atoms with van der Waals surface area (Å²) in [6, 6.07) is 13.3. The summed E-state index contributed by atoms with van der Waals surface area (Å²) in [7, 11) is 1.37. The van der Waals surface area contributed by atoms with Crippen LogP contribution in [0.1, 0.15) is 57.7 Å². The van der Waals surface area contributed by atoms with Crippen molar-refractivity contribution >= 4 is 23.9 Å². The van der Waals surface area contributed by atoms with Crippen molar-refractivity contribution in [2.45, 2.75) is 25.7 Å². The van der Waals surface area contributed by atoms with Crippen LogP contribution in [0.15, 0.2) is 42.5 Å². The van der Waals surface area contributed by atoms with Crippen LogP contribution in [0.5, 0.6) is 0 Å². The second-order valence-corrected chi connectivity index (χ2v) is 6.74. The quantitative estimate of drug-likeness (QED) is 0.617. The lowest BCUT2D eigenvalue weighted by Gasteiger charge is -2.17. The fourth-order valence-corrected chi connectivity index (χ4v) is 3.12. The number of fused-ring (bicyclic) bond motifs is 1. The molecule has 3 heteroatoms. The Morgan fingerprint density at radius 1 is 1.04 bits per heavy atom. The van der Waals surface area contributed by atoms with E-state index in [0.717, 1.165) is 22.3 Å². The molecule has 0 heterocycles. The number of ketones is 1. The number of esters is 1. The third-order valence-electron chi connectivity index (χ3n) is 4.48. The molecular weight excluding hydrogens is 300 g/mol. The van der Waals surface area contributed by atoms with Gasteiger partial charge in [0.2, 0.25) is 0 Å². The zero-order valence-electron chi connectivity index (χ0n) is 14.1. The molecule has 0 amide bonds. The minimum absolute atomic E-state index is 0.0711. The Bertz CT molecular complexity index is 827. The van der Waals surface area contributed by atoms with Gasteiger partial charge in [-0.3, -0.25) is 4.79 Å². The van der Waals surface area contributed by atoms with Crippen molar-refractivity contribution in [1.29, 1.82) is 0 Å². The Morgan fingerprint density at radius 2 is 1.67 bits per heavy atom. The summed E-state index contributed by atoms with van der Waals surface area (Å²) in [5.74, 6) is -0.127. The van der Waals surface area contributed by atoms with E-state index in [2.05, 4.69) is 24.7 Å². The first-order valence-corrected chi connectivity index (χ1v) is 7.95. The largest absolute Gasteiger partial charge is 0.465 e. The Labute approximate surface area is 142 Å². The first kappa shape index (κ1) is 16.2. The molecule has 0 radical (unpaired) electrons. The van der Waals surface area contributed by atoms with Gasteiger partial charge in [-0.25, -0.2) is 4.79 Å². The highest BCUT2D eigenvalue weighted by molar-refractivity contribution is 6.02. The molecular formula is C21H20O3. The van der Waals surface area contributed by atoms with Gasteiger partial charge in [-0.15, -0.1) is 0 Å². The number of benzene rings is 2. The summed E-state index contributed by atoms with van der Waals surface area (Å²) < 4.78 is 4.69. The van der Waals surface area contributed by atoms with Gasteiger partial charge >= 0.3 is 5.97 Å². The van der Waals surface area contributed by atoms with Gasteiger partial charge < -0.3 is 4.74 Å². The van der Waals surface area contributed by atoms with Crippen molar-refractivity contribution in [3.63, 3.8) is 0 Å². The lowest BCUT2D eigenvalue weighted by atomic mass is 9.86. The van der Waals surface area contributed by atoms with E-state index in [-0.39, 0.29) is 17.2 Å². The number of hydrogen-bond donors (Lipinski definition) is 0. The molecule has 0 aromatic heterocycles. The van der Waals surface area contributed by atoms with Crippen LogP contribution in [-0.4, -0.2) is 18.9 Å². The molecule has 0 aliphatic heterocycles. The van der Waals surface area contributed by atoms with Gasteiger partial charge in [0.25, 0.3) is 0 Å². The van der Waals surface area contributed by atoms with Gasteiger partial charge in [0.15, 0.2) is 5.78 Å². The monoisotopic (exact) mass is 320 g/mol. The van der Waals surface area contributed by atoms with Crippen LogP contribution in [0.3, 0.4) is 0 Å². The van der Waals surface area contributed by atoms with E-state index in [1.807, 2.05) is 36.4 Å². The van der Waals surface area contributed by atoms with Gasteiger partial charge in [-0.2, -0.15) is 0 Å². The number of ether oxygens (including phenoxy) is 1. The first-order chi connectivity index (χ1) is 11.4. The number of hydrogen-bond acceptors (Lipinski definition) is 3. The molecule has 0 unspecified atom stereocenters. The van der Waals surface area contributed by atoms with Crippen LogP contribution in [0.2, 0.25) is 0 Å². The lowest BCUT2D eigenvalue weighted by molar-refractivity contribution is 0.0600. The van der Waals surface area contributed by atoms with Crippen LogP contribution >= 0.6 is 0 Å². The Kier molecular flexibility index (Phi) is 4.10. The Morgan fingerprint density at radius 3 is 2.33 bits per heavy atom. The maximum absolute atomic E-state index is 12.2. The summed E-state index contributed by atoms with van der Waals surface area (Å²) in [5, 5.41) is 0. The van der Waals surface area contributed by atoms with Crippen molar-refractivity contribution in [1.82, 2.24) is 0 Å². The third-order valence-corrected chi connectivity index (χ3v) is 4.48. The molecule has 1 aliphatic carbocycles. The Balaban J connectivity index is 1.82. The molecule has 24 heavy (non-hydrogen) atoms. The van der Waals surface area contributed by atoms with Crippen molar-refractivity contribution in [2.75, 3.05) is 7.11 Å². The van der Waals surface area contributed by atoms with Crippen LogP contribution in [0.4, 0.5) is 0 Å². The summed E-state index contributed by atoms with van der Waals surface area (Å²) in [6.45, 7) is 4.21. The van der Waals surface area contributed by atoms with E-state index >= 15 is 0 Å². The highest BCUT2D eigenvalue weighted by Crippen LogP contribution is 2.38. The van der Waals surface area contributed by atoms with Crippen molar-refractivity contribution in [3.05, 3.63) is 70.3 Å². The smallest absolute Gasteiger partial charge is 0.337 e. The summed E-state index contributed by atoms with van der Waals surface area (Å²) in [5.41, 5.74) is 4.40. The minimum atomic E-state index is -0.342. The van der Waals surface area contributed by atoms with Crippen LogP contribution < -0.4 is 0 Å². The van der Waals surface area contributed by atoms with Gasteiger partial charge in [0.1, 0.15) is 0 Å². The summed E-state index contributed by atoms with van der Waals surface area (Å²) in [6.07, 6.45) is 4.52. The second kappa shape index (κ2) is 6.08. The molecule has 3 rings (SSSR count). The van der Waals surface area contributed by atoms with E-state index in [1.54, 1.807) is 12.1 Å². The molecule has 3 nitrogen and oxygen atoms in total. The second-order valence-electron chi connectivity index (χ2n) is 6.74. The lowest BCUT2D eigenvalue weighted by Crippen LogP contribution is -2.12. The van der Waals surface area contributed by atoms with E-state index in [0.29, 0.717) is 12.0 Å². The van der Waals surface area contributed by atoms with Crippen molar-refractivity contribution in [3.8, 4) is 0 Å². The zero-order chi connectivity index (χ0) is 17.3. The predicted octanol–water partition coefficient (Wildman–Crippen LogP) is 4.51. The molecule has 1 aliphatic rings. The van der Waals surface area contributed by atoms with E-state index in [4.69, 9.17) is 0 Å². The molecule has 0 atom stereocenters. The molecule has 0 bridgehead atoms. The molecule has 0 saturated carbocycles. The molecule has 0 N–H and O–H groups in total.